The number of anilines is 1. The van der Waals surface area contributed by atoms with E-state index < -0.39 is 10.0 Å². The SMILES string of the molecule is COc1ccc2[nH]cc(C3CCN(C(=O)c4ccc(N5CCCS5(=O)=O)cc4)CC3)c2c1. The third-order valence-electron chi connectivity index (χ3n) is 6.64. The molecule has 1 amide bonds. The Bertz CT molecular complexity index is 1240. The van der Waals surface area contributed by atoms with E-state index in [4.69, 9.17) is 4.74 Å². The smallest absolute Gasteiger partial charge is 0.253 e. The quantitative estimate of drug-likeness (QED) is 0.652. The molecule has 2 aliphatic heterocycles. The molecule has 2 fully saturated rings. The van der Waals surface area contributed by atoms with Gasteiger partial charge in [-0.25, -0.2) is 8.42 Å². The number of sulfonamides is 1. The molecule has 0 radical (unpaired) electrons. The molecule has 2 aliphatic rings. The van der Waals surface area contributed by atoms with E-state index in [-0.39, 0.29) is 11.7 Å². The number of fused-ring (bicyclic) bond motifs is 1. The van der Waals surface area contributed by atoms with E-state index in [0.717, 1.165) is 24.1 Å². The van der Waals surface area contributed by atoms with E-state index in [1.165, 1.54) is 15.3 Å². The number of likely N-dealkylation sites (tertiary alicyclic amines) is 1. The highest BCUT2D eigenvalue weighted by molar-refractivity contribution is 7.93. The van der Waals surface area contributed by atoms with Crippen LogP contribution in [0.25, 0.3) is 10.9 Å². The minimum atomic E-state index is -3.21. The number of nitrogens with one attached hydrogen (secondary N) is 1. The van der Waals surface area contributed by atoms with Crippen molar-refractivity contribution in [3.05, 3.63) is 59.8 Å². The van der Waals surface area contributed by atoms with Gasteiger partial charge in [0.25, 0.3) is 5.91 Å². The number of aromatic amines is 1. The zero-order valence-electron chi connectivity index (χ0n) is 18.1. The average molecular weight is 454 g/mol. The Kier molecular flexibility index (Phi) is 5.33. The molecule has 3 heterocycles. The van der Waals surface area contributed by atoms with Gasteiger partial charge in [0.05, 0.1) is 18.6 Å². The number of amides is 1. The fraction of sp³-hybridized carbons (Fsp3) is 0.375. The third kappa shape index (κ3) is 3.72. The van der Waals surface area contributed by atoms with Crippen molar-refractivity contribution in [2.45, 2.75) is 25.2 Å². The van der Waals surface area contributed by atoms with Gasteiger partial charge in [-0.2, -0.15) is 0 Å². The van der Waals surface area contributed by atoms with Crippen LogP contribution in [0.15, 0.2) is 48.7 Å². The molecule has 7 nitrogen and oxygen atoms in total. The second-order valence-corrected chi connectivity index (χ2v) is 10.5. The van der Waals surface area contributed by atoms with Crippen molar-refractivity contribution in [3.63, 3.8) is 0 Å². The second kappa shape index (κ2) is 8.16. The maximum atomic E-state index is 13.0. The van der Waals surface area contributed by atoms with Gasteiger partial charge in [-0.05, 0) is 73.2 Å². The van der Waals surface area contributed by atoms with Gasteiger partial charge in [-0.1, -0.05) is 0 Å². The van der Waals surface area contributed by atoms with Gasteiger partial charge in [-0.3, -0.25) is 9.10 Å². The Balaban J connectivity index is 1.26. The summed E-state index contributed by atoms with van der Waals surface area (Å²) < 4.78 is 31.0. The van der Waals surface area contributed by atoms with Crippen LogP contribution < -0.4 is 9.04 Å². The molecule has 0 atom stereocenters. The molecule has 0 spiro atoms. The number of hydrogen-bond acceptors (Lipinski definition) is 4. The number of carbonyl (C=O) groups excluding carboxylic acids is 1. The topological polar surface area (TPSA) is 82.7 Å². The molecule has 2 saturated heterocycles. The Morgan fingerprint density at radius 2 is 1.81 bits per heavy atom. The first kappa shape index (κ1) is 20.9. The van der Waals surface area contributed by atoms with Gasteiger partial charge < -0.3 is 14.6 Å². The number of nitrogens with zero attached hydrogens (tertiary/aromatic N) is 2. The standard InChI is InChI=1S/C24H27N3O4S/c1-31-20-7-8-23-21(15-20)22(16-25-23)17-9-12-26(13-10-17)24(28)18-3-5-19(6-4-18)27-11-2-14-32(27,29)30/h3-8,15-17,25H,2,9-14H2,1H3. The molecular formula is C24H27N3O4S. The van der Waals surface area contributed by atoms with Gasteiger partial charge >= 0.3 is 0 Å². The van der Waals surface area contributed by atoms with Crippen molar-refractivity contribution in [3.8, 4) is 5.75 Å². The number of methoxy groups -OCH3 is 1. The van der Waals surface area contributed by atoms with E-state index in [0.29, 0.717) is 43.2 Å². The van der Waals surface area contributed by atoms with Crippen molar-refractivity contribution in [2.24, 2.45) is 0 Å². The maximum Gasteiger partial charge on any atom is 0.253 e. The lowest BCUT2D eigenvalue weighted by Gasteiger charge is -2.32. The summed E-state index contributed by atoms with van der Waals surface area (Å²) in [6, 6.07) is 13.0. The number of piperidine rings is 1. The Morgan fingerprint density at radius 1 is 1.06 bits per heavy atom. The van der Waals surface area contributed by atoms with E-state index >= 15 is 0 Å². The van der Waals surface area contributed by atoms with Crippen LogP contribution in [0.2, 0.25) is 0 Å². The van der Waals surface area contributed by atoms with Crippen LogP contribution in [0.1, 0.15) is 41.1 Å². The summed E-state index contributed by atoms with van der Waals surface area (Å²) in [7, 11) is -1.54. The van der Waals surface area contributed by atoms with Crippen LogP contribution >= 0.6 is 0 Å². The summed E-state index contributed by atoms with van der Waals surface area (Å²) >= 11 is 0. The second-order valence-electron chi connectivity index (χ2n) is 8.51. The van der Waals surface area contributed by atoms with Gasteiger partial charge in [0.1, 0.15) is 5.75 Å². The predicted molar refractivity (Wildman–Crippen MR) is 125 cm³/mol. The van der Waals surface area contributed by atoms with Gasteiger partial charge in [0.15, 0.2) is 0 Å². The minimum absolute atomic E-state index is 0.000116. The highest BCUT2D eigenvalue weighted by atomic mass is 32.2. The summed E-state index contributed by atoms with van der Waals surface area (Å²) in [5, 5.41) is 1.18. The normalized spacial score (nSPS) is 18.9. The number of carbonyl (C=O) groups is 1. The van der Waals surface area contributed by atoms with Crippen molar-refractivity contribution in [1.82, 2.24) is 9.88 Å². The molecular weight excluding hydrogens is 426 g/mol. The summed E-state index contributed by atoms with van der Waals surface area (Å²) in [6.45, 7) is 1.90. The number of H-pyrrole nitrogens is 1. The minimum Gasteiger partial charge on any atom is -0.497 e. The number of rotatable bonds is 4. The van der Waals surface area contributed by atoms with Crippen LogP contribution in [0, 0.1) is 0 Å². The predicted octanol–water partition coefficient (Wildman–Crippen LogP) is 3.74. The summed E-state index contributed by atoms with van der Waals surface area (Å²) in [5.74, 6) is 1.42. The largest absolute Gasteiger partial charge is 0.497 e. The molecule has 5 rings (SSSR count). The first-order valence-corrected chi connectivity index (χ1v) is 12.6. The Labute approximate surface area is 188 Å². The fourth-order valence-corrected chi connectivity index (χ4v) is 6.43. The van der Waals surface area contributed by atoms with Crippen LogP contribution in [0.4, 0.5) is 5.69 Å². The zero-order valence-corrected chi connectivity index (χ0v) is 18.9. The van der Waals surface area contributed by atoms with Crippen LogP contribution in [0.5, 0.6) is 5.75 Å². The molecule has 32 heavy (non-hydrogen) atoms. The monoisotopic (exact) mass is 453 g/mol. The van der Waals surface area contributed by atoms with Gasteiger partial charge in [-0.15, -0.1) is 0 Å². The van der Waals surface area contributed by atoms with E-state index in [9.17, 15) is 13.2 Å². The maximum absolute atomic E-state index is 13.0. The Morgan fingerprint density at radius 3 is 2.47 bits per heavy atom. The molecule has 0 saturated carbocycles. The van der Waals surface area contributed by atoms with Crippen molar-refractivity contribution >= 4 is 32.5 Å². The van der Waals surface area contributed by atoms with Crippen LogP contribution in [-0.4, -0.2) is 56.7 Å². The molecule has 0 bridgehead atoms. The first-order valence-electron chi connectivity index (χ1n) is 11.0. The first-order chi connectivity index (χ1) is 15.5. The molecule has 1 N–H and O–H groups in total. The summed E-state index contributed by atoms with van der Waals surface area (Å²) in [4.78, 5) is 18.3. The molecule has 168 valence electrons. The third-order valence-corrected chi connectivity index (χ3v) is 8.51. The average Bonchev–Trinajstić information content (AvgIpc) is 3.40. The summed E-state index contributed by atoms with van der Waals surface area (Å²) in [5.41, 5.74) is 3.61. The van der Waals surface area contributed by atoms with E-state index in [1.807, 2.05) is 17.0 Å². The number of hydrogen-bond donors (Lipinski definition) is 1. The number of ether oxygens (including phenoxy) is 1. The van der Waals surface area contributed by atoms with E-state index in [2.05, 4.69) is 17.2 Å². The van der Waals surface area contributed by atoms with Crippen LogP contribution in [-0.2, 0) is 10.0 Å². The van der Waals surface area contributed by atoms with Gasteiger partial charge in [0.2, 0.25) is 10.0 Å². The summed E-state index contributed by atoms with van der Waals surface area (Å²) in [6.07, 6.45) is 4.53. The van der Waals surface area contributed by atoms with Crippen molar-refractivity contribution in [1.29, 1.82) is 0 Å². The zero-order chi connectivity index (χ0) is 22.3. The molecule has 2 aromatic carbocycles. The lowest BCUT2D eigenvalue weighted by molar-refractivity contribution is 0.0713. The van der Waals surface area contributed by atoms with Crippen molar-refractivity contribution < 1.29 is 17.9 Å². The van der Waals surface area contributed by atoms with E-state index in [1.54, 1.807) is 31.4 Å². The molecule has 0 aliphatic carbocycles. The molecule has 0 unspecified atom stereocenters. The fourth-order valence-electron chi connectivity index (χ4n) is 4.86. The Hall–Kier alpha value is -3.00. The van der Waals surface area contributed by atoms with Gasteiger partial charge in [0, 0.05) is 42.3 Å². The number of aromatic nitrogens is 1. The number of benzene rings is 2. The highest BCUT2D eigenvalue weighted by Crippen LogP contribution is 2.35. The lowest BCUT2D eigenvalue weighted by atomic mass is 9.89. The highest BCUT2D eigenvalue weighted by Gasteiger charge is 2.29. The lowest BCUT2D eigenvalue weighted by Crippen LogP contribution is -2.37. The molecule has 8 heteroatoms. The molecule has 3 aromatic rings. The van der Waals surface area contributed by atoms with Crippen molar-refractivity contribution in [2.75, 3.05) is 36.8 Å². The van der Waals surface area contributed by atoms with Crippen LogP contribution in [0.3, 0.4) is 0 Å². The molecule has 1 aromatic heterocycles.